The standard InChI is InChI=1S/C23H32NO4/c1-22(2)10-7-11-23(3,28-22)12-8-17-19-16(9-13-24(17,4)5)14-18-20(21(19)25-6)27-15-26-18/h14,17H,7,9-11,13,15H2,1-6H3/q+1. The molecule has 0 aliphatic carbocycles. The summed E-state index contributed by atoms with van der Waals surface area (Å²) >= 11 is 0. The fourth-order valence-electron chi connectivity index (χ4n) is 4.79. The van der Waals surface area contributed by atoms with E-state index in [1.807, 2.05) is 0 Å². The summed E-state index contributed by atoms with van der Waals surface area (Å²) in [4.78, 5) is 0. The molecule has 4 rings (SSSR count). The molecule has 1 aromatic rings. The molecule has 3 aliphatic rings. The summed E-state index contributed by atoms with van der Waals surface area (Å²) in [7, 11) is 6.17. The second-order valence-electron chi connectivity index (χ2n) is 9.59. The maximum atomic E-state index is 6.38. The minimum absolute atomic E-state index is 0.00124. The third kappa shape index (κ3) is 3.33. The number of fused-ring (bicyclic) bond motifs is 2. The summed E-state index contributed by atoms with van der Waals surface area (Å²) < 4.78 is 24.3. The van der Waals surface area contributed by atoms with Gasteiger partial charge in [0.05, 0.1) is 38.9 Å². The number of likely N-dealkylation sites (N-methyl/N-ethyl adjacent to an activating group) is 1. The average molecular weight is 387 g/mol. The van der Waals surface area contributed by atoms with E-state index < -0.39 is 5.60 Å². The zero-order valence-corrected chi connectivity index (χ0v) is 18.0. The molecular formula is C23H32NO4+. The van der Waals surface area contributed by atoms with Gasteiger partial charge in [-0.3, -0.25) is 0 Å². The Bertz CT molecular complexity index is 848. The Morgan fingerprint density at radius 3 is 2.68 bits per heavy atom. The topological polar surface area (TPSA) is 36.9 Å². The van der Waals surface area contributed by atoms with Crippen molar-refractivity contribution in [3.8, 4) is 29.1 Å². The van der Waals surface area contributed by atoms with E-state index in [9.17, 15) is 0 Å². The highest BCUT2D eigenvalue weighted by atomic mass is 16.7. The molecule has 2 atom stereocenters. The highest BCUT2D eigenvalue weighted by Gasteiger charge is 2.41. The number of rotatable bonds is 1. The van der Waals surface area contributed by atoms with Gasteiger partial charge in [0, 0.05) is 6.42 Å². The van der Waals surface area contributed by atoms with Crippen molar-refractivity contribution < 1.29 is 23.4 Å². The molecule has 152 valence electrons. The van der Waals surface area contributed by atoms with Gasteiger partial charge >= 0.3 is 0 Å². The number of quaternary nitrogens is 1. The Balaban J connectivity index is 1.78. The van der Waals surface area contributed by atoms with Gasteiger partial charge in [0.25, 0.3) is 0 Å². The molecule has 3 aliphatic heterocycles. The lowest BCUT2D eigenvalue weighted by molar-refractivity contribution is -0.914. The van der Waals surface area contributed by atoms with E-state index in [1.54, 1.807) is 7.11 Å². The highest BCUT2D eigenvalue weighted by molar-refractivity contribution is 5.62. The maximum absolute atomic E-state index is 6.38. The van der Waals surface area contributed by atoms with E-state index in [0.29, 0.717) is 5.75 Å². The van der Waals surface area contributed by atoms with E-state index in [1.165, 1.54) is 5.56 Å². The number of hydrogen-bond acceptors (Lipinski definition) is 4. The molecule has 0 saturated carbocycles. The minimum Gasteiger partial charge on any atom is -0.492 e. The maximum Gasteiger partial charge on any atom is 0.231 e. The van der Waals surface area contributed by atoms with Crippen LogP contribution in [0.3, 0.4) is 0 Å². The van der Waals surface area contributed by atoms with E-state index >= 15 is 0 Å². The number of benzene rings is 1. The van der Waals surface area contributed by atoms with Crippen LogP contribution in [0.5, 0.6) is 17.2 Å². The van der Waals surface area contributed by atoms with Crippen LogP contribution in [-0.4, -0.2) is 50.2 Å². The second kappa shape index (κ2) is 6.57. The van der Waals surface area contributed by atoms with Crippen LogP contribution in [0.1, 0.15) is 57.2 Å². The zero-order chi connectivity index (χ0) is 20.2. The van der Waals surface area contributed by atoms with Gasteiger partial charge in [-0.15, -0.1) is 0 Å². The molecular weight excluding hydrogens is 354 g/mol. The van der Waals surface area contributed by atoms with Gasteiger partial charge in [-0.2, -0.15) is 0 Å². The fraction of sp³-hybridized carbons (Fsp3) is 0.652. The Morgan fingerprint density at radius 2 is 1.96 bits per heavy atom. The molecule has 0 amide bonds. The summed E-state index contributed by atoms with van der Waals surface area (Å²) in [5, 5.41) is 0. The average Bonchev–Trinajstić information content (AvgIpc) is 3.05. The molecule has 5 nitrogen and oxygen atoms in total. The molecule has 0 spiro atoms. The van der Waals surface area contributed by atoms with Crippen LogP contribution in [0.2, 0.25) is 0 Å². The lowest BCUT2D eigenvalue weighted by Crippen LogP contribution is -2.48. The minimum atomic E-state index is -0.414. The van der Waals surface area contributed by atoms with Gasteiger partial charge in [-0.05, 0) is 57.6 Å². The smallest absolute Gasteiger partial charge is 0.231 e. The monoisotopic (exact) mass is 386 g/mol. The summed E-state index contributed by atoms with van der Waals surface area (Å²) in [6, 6.07) is 2.11. The Hall–Kier alpha value is -1.90. The molecule has 1 aromatic carbocycles. The van der Waals surface area contributed by atoms with Crippen LogP contribution in [0.25, 0.3) is 0 Å². The Kier molecular flexibility index (Phi) is 4.56. The first-order valence-electron chi connectivity index (χ1n) is 10.2. The Labute approximate surface area is 168 Å². The van der Waals surface area contributed by atoms with Crippen LogP contribution >= 0.6 is 0 Å². The second-order valence-corrected chi connectivity index (χ2v) is 9.59. The van der Waals surface area contributed by atoms with Crippen molar-refractivity contribution in [2.75, 3.05) is 34.5 Å². The van der Waals surface area contributed by atoms with E-state index in [-0.39, 0.29) is 18.4 Å². The SMILES string of the molecule is COc1c2c(cc3c1C(C#CC1(C)CCCC(C)(C)O1)[N+](C)(C)CC3)OCO2. The molecule has 0 N–H and O–H groups in total. The molecule has 1 saturated heterocycles. The van der Waals surface area contributed by atoms with Crippen LogP contribution in [0.15, 0.2) is 6.07 Å². The first kappa shape index (κ1) is 19.4. The lowest BCUT2D eigenvalue weighted by atomic mass is 9.86. The fourth-order valence-corrected chi connectivity index (χ4v) is 4.79. The van der Waals surface area contributed by atoms with E-state index in [4.69, 9.17) is 18.9 Å². The lowest BCUT2D eigenvalue weighted by Gasteiger charge is -2.42. The number of nitrogens with zero attached hydrogens (tertiary/aromatic N) is 1. The Morgan fingerprint density at radius 1 is 1.18 bits per heavy atom. The predicted molar refractivity (Wildman–Crippen MR) is 108 cm³/mol. The summed E-state index contributed by atoms with van der Waals surface area (Å²) in [5.41, 5.74) is 1.84. The third-order valence-electron chi connectivity index (χ3n) is 6.29. The van der Waals surface area contributed by atoms with Crippen molar-refractivity contribution in [3.63, 3.8) is 0 Å². The first-order valence-corrected chi connectivity index (χ1v) is 10.2. The predicted octanol–water partition coefficient (Wildman–Crippen LogP) is 3.84. The normalized spacial score (nSPS) is 29.4. The van der Waals surface area contributed by atoms with Gasteiger partial charge in [-0.1, -0.05) is 5.92 Å². The molecule has 0 aromatic heterocycles. The number of ether oxygens (including phenoxy) is 4. The molecule has 3 heterocycles. The van der Waals surface area contributed by atoms with Gasteiger partial charge in [0.2, 0.25) is 12.5 Å². The van der Waals surface area contributed by atoms with Crippen molar-refractivity contribution >= 4 is 0 Å². The van der Waals surface area contributed by atoms with Crippen molar-refractivity contribution in [2.45, 2.75) is 63.7 Å². The number of methoxy groups -OCH3 is 1. The van der Waals surface area contributed by atoms with Gasteiger partial charge in [-0.25, -0.2) is 0 Å². The van der Waals surface area contributed by atoms with Crippen molar-refractivity contribution in [2.24, 2.45) is 0 Å². The summed E-state index contributed by atoms with van der Waals surface area (Å²) in [5.74, 6) is 9.38. The first-order chi connectivity index (χ1) is 13.1. The van der Waals surface area contributed by atoms with Crippen molar-refractivity contribution in [1.29, 1.82) is 0 Å². The van der Waals surface area contributed by atoms with Gasteiger partial charge in [0.15, 0.2) is 17.5 Å². The quantitative estimate of drug-likeness (QED) is 0.543. The van der Waals surface area contributed by atoms with Crippen molar-refractivity contribution in [1.82, 2.24) is 0 Å². The van der Waals surface area contributed by atoms with Crippen LogP contribution < -0.4 is 14.2 Å². The molecule has 5 heteroatoms. The largest absolute Gasteiger partial charge is 0.492 e. The van der Waals surface area contributed by atoms with Crippen LogP contribution in [-0.2, 0) is 11.2 Å². The van der Waals surface area contributed by atoms with Gasteiger partial charge < -0.3 is 23.4 Å². The number of hydrogen-bond donors (Lipinski definition) is 0. The highest BCUT2D eigenvalue weighted by Crippen LogP contribution is 2.50. The van der Waals surface area contributed by atoms with Crippen LogP contribution in [0, 0.1) is 11.8 Å². The summed E-state index contributed by atoms with van der Waals surface area (Å²) in [6.45, 7) is 7.70. The van der Waals surface area contributed by atoms with Crippen molar-refractivity contribution in [3.05, 3.63) is 17.2 Å². The third-order valence-corrected chi connectivity index (χ3v) is 6.29. The van der Waals surface area contributed by atoms with Gasteiger partial charge in [0.1, 0.15) is 5.60 Å². The zero-order valence-electron chi connectivity index (χ0n) is 18.0. The van der Waals surface area contributed by atoms with E-state index in [0.717, 1.165) is 53.8 Å². The molecule has 1 fully saturated rings. The molecule has 0 radical (unpaired) electrons. The van der Waals surface area contributed by atoms with E-state index in [2.05, 4.69) is 52.8 Å². The van der Waals surface area contributed by atoms with Crippen LogP contribution in [0.4, 0.5) is 0 Å². The molecule has 0 bridgehead atoms. The molecule has 2 unspecified atom stereocenters. The summed E-state index contributed by atoms with van der Waals surface area (Å²) in [6.07, 6.45) is 4.15. The molecule has 28 heavy (non-hydrogen) atoms.